The number of ether oxygens (including phenoxy) is 3. The van der Waals surface area contributed by atoms with E-state index in [1.54, 1.807) is 39.0 Å². The molecule has 0 unspecified atom stereocenters. The highest BCUT2D eigenvalue weighted by molar-refractivity contribution is 5.93. The van der Waals surface area contributed by atoms with Crippen LogP contribution in [0.1, 0.15) is 58.2 Å². The number of anilines is 1. The van der Waals surface area contributed by atoms with Gasteiger partial charge in [-0.3, -0.25) is 10.1 Å². The maximum Gasteiger partial charge on any atom is 0.412 e. The molecule has 2 aromatic rings. The van der Waals surface area contributed by atoms with E-state index < -0.39 is 23.3 Å². The minimum Gasteiger partial charge on any atom is -0.460 e. The second-order valence-corrected chi connectivity index (χ2v) is 10.2. The van der Waals surface area contributed by atoms with Crippen molar-refractivity contribution in [3.05, 3.63) is 83.1 Å². The monoisotopic (exact) mass is 477 g/mol. The van der Waals surface area contributed by atoms with Crippen LogP contribution in [0.5, 0.6) is 0 Å². The summed E-state index contributed by atoms with van der Waals surface area (Å²) in [5.41, 5.74) is 2.53. The van der Waals surface area contributed by atoms with Gasteiger partial charge in [-0.25, -0.2) is 9.59 Å². The summed E-state index contributed by atoms with van der Waals surface area (Å²) in [6.07, 6.45) is 2.60. The predicted molar refractivity (Wildman–Crippen MR) is 134 cm³/mol. The Morgan fingerprint density at radius 2 is 1.34 bits per heavy atom. The smallest absolute Gasteiger partial charge is 0.412 e. The molecule has 7 heteroatoms. The van der Waals surface area contributed by atoms with E-state index in [4.69, 9.17) is 14.2 Å². The molecule has 1 amide bonds. The molecule has 0 bridgehead atoms. The Kier molecular flexibility index (Phi) is 7.48. The van der Waals surface area contributed by atoms with Crippen LogP contribution in [0.25, 0.3) is 5.57 Å². The van der Waals surface area contributed by atoms with E-state index in [1.807, 2.05) is 57.2 Å². The maximum absolute atomic E-state index is 12.2. The minimum absolute atomic E-state index is 0.156. The van der Waals surface area contributed by atoms with Gasteiger partial charge in [0.15, 0.2) is 0 Å². The number of rotatable bonds is 5. The maximum atomic E-state index is 12.2. The Morgan fingerprint density at radius 3 is 1.83 bits per heavy atom. The zero-order chi connectivity index (χ0) is 25.8. The summed E-state index contributed by atoms with van der Waals surface area (Å²) in [5, 5.41) is 2.70. The van der Waals surface area contributed by atoms with Crippen molar-refractivity contribution in [2.24, 2.45) is 0 Å². The van der Waals surface area contributed by atoms with E-state index in [1.165, 1.54) is 6.08 Å². The lowest BCUT2D eigenvalue weighted by molar-refractivity contribution is -0.153. The molecule has 1 heterocycles. The van der Waals surface area contributed by atoms with Crippen molar-refractivity contribution >= 4 is 29.3 Å². The van der Waals surface area contributed by atoms with E-state index in [2.05, 4.69) is 5.32 Å². The number of benzene rings is 2. The van der Waals surface area contributed by atoms with Crippen molar-refractivity contribution in [1.29, 1.82) is 0 Å². The van der Waals surface area contributed by atoms with Gasteiger partial charge in [0.05, 0.1) is 6.42 Å². The minimum atomic E-state index is -0.601. The Hall–Kier alpha value is -3.87. The Morgan fingerprint density at radius 1 is 0.800 bits per heavy atom. The Bertz CT molecular complexity index is 1080. The average molecular weight is 478 g/mol. The Balaban J connectivity index is 1.84. The normalized spacial score (nSPS) is 14.9. The van der Waals surface area contributed by atoms with Crippen LogP contribution in [-0.2, 0) is 30.2 Å². The fourth-order valence-electron chi connectivity index (χ4n) is 3.38. The Labute approximate surface area is 205 Å². The molecule has 0 aromatic heterocycles. The van der Waals surface area contributed by atoms with Gasteiger partial charge in [-0.1, -0.05) is 36.4 Å². The molecule has 1 N–H and O–H groups in total. The van der Waals surface area contributed by atoms with Crippen LogP contribution in [0.15, 0.2) is 66.4 Å². The third kappa shape index (κ3) is 7.84. The molecule has 0 spiro atoms. The third-order valence-electron chi connectivity index (χ3n) is 4.66. The first kappa shape index (κ1) is 25.7. The van der Waals surface area contributed by atoms with Crippen LogP contribution in [0.4, 0.5) is 10.5 Å². The van der Waals surface area contributed by atoms with E-state index in [-0.39, 0.29) is 12.4 Å². The lowest BCUT2D eigenvalue weighted by Crippen LogP contribution is -2.27. The van der Waals surface area contributed by atoms with Gasteiger partial charge in [0.25, 0.3) is 0 Å². The molecule has 7 nitrogen and oxygen atoms in total. The lowest BCUT2D eigenvalue weighted by atomic mass is 9.95. The van der Waals surface area contributed by atoms with Gasteiger partial charge >= 0.3 is 18.0 Å². The van der Waals surface area contributed by atoms with E-state index >= 15 is 0 Å². The SMILES string of the molecule is CC(C)(C)OC(=O)Cc1ccc(/C(=C2\C=CC(=O)O2)c2ccc(NC(=O)OC(C)(C)C)cc2)cc1. The summed E-state index contributed by atoms with van der Waals surface area (Å²) in [5.74, 6) is -0.324. The summed E-state index contributed by atoms with van der Waals surface area (Å²) in [4.78, 5) is 36.0. The molecule has 0 radical (unpaired) electrons. The van der Waals surface area contributed by atoms with Crippen LogP contribution in [0.2, 0.25) is 0 Å². The van der Waals surface area contributed by atoms with Gasteiger partial charge in [0, 0.05) is 17.3 Å². The molecule has 3 rings (SSSR count). The predicted octanol–water partition coefficient (Wildman–Crippen LogP) is 5.79. The van der Waals surface area contributed by atoms with Gasteiger partial charge in [-0.2, -0.15) is 0 Å². The van der Waals surface area contributed by atoms with E-state index in [0.717, 1.165) is 16.7 Å². The molecule has 35 heavy (non-hydrogen) atoms. The number of carbonyl (C=O) groups is 3. The highest BCUT2D eigenvalue weighted by Gasteiger charge is 2.20. The summed E-state index contributed by atoms with van der Waals surface area (Å²) < 4.78 is 16.1. The molecule has 0 saturated heterocycles. The highest BCUT2D eigenvalue weighted by atomic mass is 16.6. The van der Waals surface area contributed by atoms with Crippen molar-refractivity contribution in [3.63, 3.8) is 0 Å². The van der Waals surface area contributed by atoms with Gasteiger partial charge in [0.1, 0.15) is 17.0 Å². The fourth-order valence-corrected chi connectivity index (χ4v) is 3.38. The third-order valence-corrected chi connectivity index (χ3v) is 4.66. The molecule has 2 aromatic carbocycles. The van der Waals surface area contributed by atoms with Gasteiger partial charge in [-0.15, -0.1) is 0 Å². The molecule has 0 fully saturated rings. The van der Waals surface area contributed by atoms with Crippen molar-refractivity contribution < 1.29 is 28.6 Å². The van der Waals surface area contributed by atoms with Crippen molar-refractivity contribution in [1.82, 2.24) is 0 Å². The van der Waals surface area contributed by atoms with Crippen LogP contribution in [0.3, 0.4) is 0 Å². The molecule has 184 valence electrons. The van der Waals surface area contributed by atoms with Gasteiger partial charge < -0.3 is 14.2 Å². The second kappa shape index (κ2) is 10.2. The zero-order valence-electron chi connectivity index (χ0n) is 20.9. The van der Waals surface area contributed by atoms with Crippen molar-refractivity contribution in [3.8, 4) is 0 Å². The molecule has 1 aliphatic rings. The number of hydrogen-bond acceptors (Lipinski definition) is 6. The summed E-state index contributed by atoms with van der Waals surface area (Å²) in [6, 6.07) is 14.6. The van der Waals surface area contributed by atoms with E-state index in [9.17, 15) is 14.4 Å². The van der Waals surface area contributed by atoms with Crippen LogP contribution < -0.4 is 5.32 Å². The number of hydrogen-bond donors (Lipinski definition) is 1. The van der Waals surface area contributed by atoms with Crippen LogP contribution >= 0.6 is 0 Å². The summed E-state index contributed by atoms with van der Waals surface area (Å²) in [6.45, 7) is 10.9. The van der Waals surface area contributed by atoms with Crippen LogP contribution in [-0.4, -0.2) is 29.2 Å². The molecular weight excluding hydrogens is 446 g/mol. The number of esters is 2. The average Bonchev–Trinajstić information content (AvgIpc) is 3.13. The van der Waals surface area contributed by atoms with Crippen molar-refractivity contribution in [2.45, 2.75) is 59.2 Å². The van der Waals surface area contributed by atoms with Crippen molar-refractivity contribution in [2.75, 3.05) is 5.32 Å². The number of cyclic esters (lactones) is 1. The topological polar surface area (TPSA) is 90.9 Å². The first-order valence-corrected chi connectivity index (χ1v) is 11.3. The molecule has 0 aliphatic carbocycles. The number of nitrogens with one attached hydrogen (secondary N) is 1. The lowest BCUT2D eigenvalue weighted by Gasteiger charge is -2.20. The summed E-state index contributed by atoms with van der Waals surface area (Å²) in [7, 11) is 0. The standard InChI is InChI=1S/C28H31NO6/c1-27(2,3)34-24(31)17-18-7-9-19(10-8-18)25(22-15-16-23(30)33-22)20-11-13-21(14-12-20)29-26(32)35-28(4,5)6/h7-16H,17H2,1-6H3,(H,29,32)/b25-22-. The highest BCUT2D eigenvalue weighted by Crippen LogP contribution is 2.31. The molecule has 0 saturated carbocycles. The number of carbonyl (C=O) groups excluding carboxylic acids is 3. The summed E-state index contributed by atoms with van der Waals surface area (Å²) >= 11 is 0. The number of amides is 1. The van der Waals surface area contributed by atoms with Gasteiger partial charge in [0.2, 0.25) is 0 Å². The zero-order valence-corrected chi connectivity index (χ0v) is 20.9. The first-order valence-electron chi connectivity index (χ1n) is 11.3. The second-order valence-electron chi connectivity index (χ2n) is 10.2. The molecular formula is C28H31NO6. The first-order chi connectivity index (χ1) is 16.3. The molecule has 0 atom stereocenters. The van der Waals surface area contributed by atoms with Gasteiger partial charge in [-0.05, 0) is 76.4 Å². The quantitative estimate of drug-likeness (QED) is 0.433. The number of allylic oxidation sites excluding steroid dienone is 1. The largest absolute Gasteiger partial charge is 0.460 e. The van der Waals surface area contributed by atoms with E-state index in [0.29, 0.717) is 17.0 Å². The van der Waals surface area contributed by atoms with Crippen LogP contribution in [0, 0.1) is 0 Å². The molecule has 1 aliphatic heterocycles. The fraction of sp³-hybridized carbons (Fsp3) is 0.321.